The van der Waals surface area contributed by atoms with Gasteiger partial charge in [-0.25, -0.2) is 4.98 Å². The zero-order chi connectivity index (χ0) is 10.4. The SMILES string of the molecule is CCCC(CC)Nc1ccnc(F)c1. The van der Waals surface area contributed by atoms with Gasteiger partial charge in [0.15, 0.2) is 0 Å². The molecule has 1 aromatic rings. The average Bonchev–Trinajstić information content (AvgIpc) is 2.17. The third-order valence-corrected chi connectivity index (χ3v) is 2.23. The van der Waals surface area contributed by atoms with Gasteiger partial charge in [-0.1, -0.05) is 20.3 Å². The van der Waals surface area contributed by atoms with Crippen LogP contribution in [-0.2, 0) is 0 Å². The Bertz CT molecular complexity index is 276. The highest BCUT2D eigenvalue weighted by Crippen LogP contribution is 2.12. The number of hydrogen-bond acceptors (Lipinski definition) is 2. The quantitative estimate of drug-likeness (QED) is 0.731. The van der Waals surface area contributed by atoms with Gasteiger partial charge in [0.25, 0.3) is 0 Å². The lowest BCUT2D eigenvalue weighted by atomic mass is 10.1. The standard InChI is InChI=1S/C11H17FN2/c1-3-5-9(4-2)14-10-6-7-13-11(12)8-10/h6-9H,3-5H2,1-2H3,(H,13,14). The first kappa shape index (κ1) is 11.0. The van der Waals surface area contributed by atoms with Crippen LogP contribution in [0, 0.1) is 5.95 Å². The highest BCUT2D eigenvalue weighted by Gasteiger charge is 2.04. The molecule has 0 radical (unpaired) electrons. The van der Waals surface area contributed by atoms with E-state index in [0.29, 0.717) is 6.04 Å². The molecule has 1 rings (SSSR count). The van der Waals surface area contributed by atoms with Crippen LogP contribution in [0.4, 0.5) is 10.1 Å². The molecule has 3 heteroatoms. The molecule has 0 aliphatic rings. The van der Waals surface area contributed by atoms with Crippen LogP contribution in [0.1, 0.15) is 33.1 Å². The second-order valence-electron chi connectivity index (χ2n) is 3.41. The van der Waals surface area contributed by atoms with Crippen LogP contribution < -0.4 is 5.32 Å². The number of nitrogens with zero attached hydrogens (tertiary/aromatic N) is 1. The lowest BCUT2D eigenvalue weighted by molar-refractivity contribution is 0.581. The monoisotopic (exact) mass is 196 g/mol. The summed E-state index contributed by atoms with van der Waals surface area (Å²) in [5, 5.41) is 3.29. The Morgan fingerprint density at radius 2 is 2.29 bits per heavy atom. The Labute approximate surface area is 84.6 Å². The van der Waals surface area contributed by atoms with E-state index in [0.717, 1.165) is 24.9 Å². The summed E-state index contributed by atoms with van der Waals surface area (Å²) in [5.74, 6) is -0.429. The van der Waals surface area contributed by atoms with Gasteiger partial charge in [0, 0.05) is 24.0 Å². The van der Waals surface area contributed by atoms with Crippen molar-refractivity contribution in [3.63, 3.8) is 0 Å². The maximum absolute atomic E-state index is 12.8. The van der Waals surface area contributed by atoms with Gasteiger partial charge in [-0.3, -0.25) is 0 Å². The van der Waals surface area contributed by atoms with Crippen molar-refractivity contribution in [2.75, 3.05) is 5.32 Å². The van der Waals surface area contributed by atoms with E-state index < -0.39 is 5.95 Å². The number of halogens is 1. The molecular formula is C11H17FN2. The van der Waals surface area contributed by atoms with Crippen molar-refractivity contribution >= 4 is 5.69 Å². The lowest BCUT2D eigenvalue weighted by Crippen LogP contribution is -2.17. The van der Waals surface area contributed by atoms with Crippen LogP contribution in [0.3, 0.4) is 0 Å². The van der Waals surface area contributed by atoms with Crippen LogP contribution in [0.5, 0.6) is 0 Å². The Kier molecular flexibility index (Phi) is 4.36. The molecular weight excluding hydrogens is 179 g/mol. The molecule has 1 heterocycles. The average molecular weight is 196 g/mol. The zero-order valence-electron chi connectivity index (χ0n) is 8.76. The summed E-state index contributed by atoms with van der Waals surface area (Å²) >= 11 is 0. The fourth-order valence-electron chi connectivity index (χ4n) is 1.45. The van der Waals surface area contributed by atoms with Crippen LogP contribution in [-0.4, -0.2) is 11.0 Å². The molecule has 1 atom stereocenters. The summed E-state index contributed by atoms with van der Waals surface area (Å²) < 4.78 is 12.8. The summed E-state index contributed by atoms with van der Waals surface area (Å²) in [6.45, 7) is 4.28. The number of rotatable bonds is 5. The minimum absolute atomic E-state index is 0.429. The van der Waals surface area contributed by atoms with E-state index in [9.17, 15) is 4.39 Å². The van der Waals surface area contributed by atoms with Crippen molar-refractivity contribution < 1.29 is 4.39 Å². The number of hydrogen-bond donors (Lipinski definition) is 1. The molecule has 0 fully saturated rings. The minimum Gasteiger partial charge on any atom is -0.382 e. The van der Waals surface area contributed by atoms with Gasteiger partial charge in [-0.15, -0.1) is 0 Å². The molecule has 0 bridgehead atoms. The van der Waals surface area contributed by atoms with Gasteiger partial charge in [-0.2, -0.15) is 4.39 Å². The highest BCUT2D eigenvalue weighted by molar-refractivity contribution is 5.42. The molecule has 1 aromatic heterocycles. The fourth-order valence-corrected chi connectivity index (χ4v) is 1.45. The molecule has 0 aliphatic heterocycles. The Hall–Kier alpha value is -1.12. The summed E-state index contributed by atoms with van der Waals surface area (Å²) in [6.07, 6.45) is 4.79. The summed E-state index contributed by atoms with van der Waals surface area (Å²) in [5.41, 5.74) is 0.817. The number of nitrogens with one attached hydrogen (secondary N) is 1. The van der Waals surface area contributed by atoms with Gasteiger partial charge in [-0.05, 0) is 18.9 Å². The molecule has 2 nitrogen and oxygen atoms in total. The second-order valence-corrected chi connectivity index (χ2v) is 3.41. The molecule has 0 amide bonds. The van der Waals surface area contributed by atoms with Crippen LogP contribution >= 0.6 is 0 Å². The molecule has 14 heavy (non-hydrogen) atoms. The van der Waals surface area contributed by atoms with E-state index in [1.165, 1.54) is 12.3 Å². The summed E-state index contributed by atoms with van der Waals surface area (Å²) in [4.78, 5) is 3.51. The van der Waals surface area contributed by atoms with Crippen molar-refractivity contribution in [1.82, 2.24) is 4.98 Å². The van der Waals surface area contributed by atoms with Crippen molar-refractivity contribution in [2.45, 2.75) is 39.2 Å². The Morgan fingerprint density at radius 3 is 2.86 bits per heavy atom. The maximum Gasteiger partial charge on any atom is 0.214 e. The van der Waals surface area contributed by atoms with Gasteiger partial charge >= 0.3 is 0 Å². The van der Waals surface area contributed by atoms with E-state index in [1.807, 2.05) is 0 Å². The minimum atomic E-state index is -0.429. The molecule has 0 saturated carbocycles. The third-order valence-electron chi connectivity index (χ3n) is 2.23. The van der Waals surface area contributed by atoms with Crippen molar-refractivity contribution in [3.8, 4) is 0 Å². The van der Waals surface area contributed by atoms with Crippen LogP contribution in [0.15, 0.2) is 18.3 Å². The van der Waals surface area contributed by atoms with E-state index in [4.69, 9.17) is 0 Å². The van der Waals surface area contributed by atoms with E-state index >= 15 is 0 Å². The number of anilines is 1. The third kappa shape index (κ3) is 3.32. The normalized spacial score (nSPS) is 12.5. The predicted octanol–water partition coefficient (Wildman–Crippen LogP) is 3.21. The first-order valence-corrected chi connectivity index (χ1v) is 5.14. The maximum atomic E-state index is 12.8. The van der Waals surface area contributed by atoms with Gasteiger partial charge in [0.05, 0.1) is 0 Å². The van der Waals surface area contributed by atoms with Crippen molar-refractivity contribution in [3.05, 3.63) is 24.3 Å². The number of pyridine rings is 1. The highest BCUT2D eigenvalue weighted by atomic mass is 19.1. The van der Waals surface area contributed by atoms with Crippen LogP contribution in [0.25, 0.3) is 0 Å². The zero-order valence-corrected chi connectivity index (χ0v) is 8.76. The van der Waals surface area contributed by atoms with E-state index in [-0.39, 0.29) is 0 Å². The van der Waals surface area contributed by atoms with Gasteiger partial charge in [0.1, 0.15) is 0 Å². The lowest BCUT2D eigenvalue weighted by Gasteiger charge is -2.17. The smallest absolute Gasteiger partial charge is 0.214 e. The summed E-state index contributed by atoms with van der Waals surface area (Å²) in [7, 11) is 0. The fraction of sp³-hybridized carbons (Fsp3) is 0.545. The van der Waals surface area contributed by atoms with E-state index in [2.05, 4.69) is 24.1 Å². The molecule has 0 spiro atoms. The van der Waals surface area contributed by atoms with Crippen molar-refractivity contribution in [1.29, 1.82) is 0 Å². The van der Waals surface area contributed by atoms with Gasteiger partial charge < -0.3 is 5.32 Å². The molecule has 1 N–H and O–H groups in total. The molecule has 0 aliphatic carbocycles. The predicted molar refractivity (Wildman–Crippen MR) is 56.8 cm³/mol. The molecule has 78 valence electrons. The van der Waals surface area contributed by atoms with Crippen molar-refractivity contribution in [2.24, 2.45) is 0 Å². The van der Waals surface area contributed by atoms with Gasteiger partial charge in [0.2, 0.25) is 5.95 Å². The largest absolute Gasteiger partial charge is 0.382 e. The topological polar surface area (TPSA) is 24.9 Å². The second kappa shape index (κ2) is 5.58. The Morgan fingerprint density at radius 1 is 1.50 bits per heavy atom. The molecule has 1 unspecified atom stereocenters. The van der Waals surface area contributed by atoms with E-state index in [1.54, 1.807) is 6.07 Å². The first-order valence-electron chi connectivity index (χ1n) is 5.14. The Balaban J connectivity index is 2.57. The molecule has 0 aromatic carbocycles. The van der Waals surface area contributed by atoms with Crippen LogP contribution in [0.2, 0.25) is 0 Å². The summed E-state index contributed by atoms with van der Waals surface area (Å²) in [6, 6.07) is 3.65. The molecule has 0 saturated heterocycles. The number of aromatic nitrogens is 1. The first-order chi connectivity index (χ1) is 6.76.